The molecule has 0 saturated heterocycles. The van der Waals surface area contributed by atoms with Crippen LogP contribution >= 0.6 is 11.3 Å². The number of ether oxygens (including phenoxy) is 1. The summed E-state index contributed by atoms with van der Waals surface area (Å²) in [4.78, 5) is 20.4. The number of nitrogens with zero attached hydrogens (tertiary/aromatic N) is 4. The van der Waals surface area contributed by atoms with Crippen LogP contribution in [0.15, 0.2) is 53.3 Å². The molecule has 4 heterocycles. The van der Waals surface area contributed by atoms with Crippen molar-refractivity contribution in [2.24, 2.45) is 0 Å². The van der Waals surface area contributed by atoms with Gasteiger partial charge < -0.3 is 19.8 Å². The molecule has 0 fully saturated rings. The summed E-state index contributed by atoms with van der Waals surface area (Å²) in [5.74, 6) is 0.555. The number of anilines is 2. The molecule has 0 unspecified atom stereocenters. The number of pyridine rings is 1. The molecule has 32 heavy (non-hydrogen) atoms. The van der Waals surface area contributed by atoms with Crippen molar-refractivity contribution in [1.82, 2.24) is 25.5 Å². The van der Waals surface area contributed by atoms with Crippen molar-refractivity contribution in [2.45, 2.75) is 13.5 Å². The van der Waals surface area contributed by atoms with Crippen LogP contribution in [-0.4, -0.2) is 33.1 Å². The van der Waals surface area contributed by atoms with Gasteiger partial charge in [-0.3, -0.25) is 9.78 Å². The molecular weight excluding hydrogens is 428 g/mol. The van der Waals surface area contributed by atoms with Crippen LogP contribution in [0.3, 0.4) is 0 Å². The highest BCUT2D eigenvalue weighted by atomic mass is 32.1. The average Bonchev–Trinajstić information content (AvgIpc) is 3.44. The highest BCUT2D eigenvalue weighted by Gasteiger charge is 2.15. The molecule has 0 aliphatic rings. The fourth-order valence-electron chi connectivity index (χ4n) is 3.27. The smallest absolute Gasteiger partial charge is 0.278 e. The Labute approximate surface area is 186 Å². The van der Waals surface area contributed by atoms with Crippen molar-refractivity contribution in [3.8, 4) is 5.88 Å². The van der Waals surface area contributed by atoms with E-state index in [2.05, 4.69) is 30.8 Å². The Morgan fingerprint density at radius 2 is 2.09 bits per heavy atom. The molecule has 1 aromatic carbocycles. The SMILES string of the molecule is CNC(=O)c1cc(COc2nnc(Nc3ccc4sc(C)nc4c3)c3ccoc23)ccn1. The van der Waals surface area contributed by atoms with Crippen LogP contribution in [0.25, 0.3) is 21.2 Å². The molecule has 0 bridgehead atoms. The summed E-state index contributed by atoms with van der Waals surface area (Å²) >= 11 is 1.66. The van der Waals surface area contributed by atoms with Gasteiger partial charge in [0.15, 0.2) is 5.82 Å². The number of carbonyl (C=O) groups excluding carboxylic acids is 1. The van der Waals surface area contributed by atoms with Crippen molar-refractivity contribution >= 4 is 49.9 Å². The van der Waals surface area contributed by atoms with Gasteiger partial charge in [0.2, 0.25) is 5.58 Å². The van der Waals surface area contributed by atoms with E-state index in [1.54, 1.807) is 49.0 Å². The summed E-state index contributed by atoms with van der Waals surface area (Å²) in [7, 11) is 1.56. The van der Waals surface area contributed by atoms with Gasteiger partial charge in [0.05, 0.1) is 26.9 Å². The average molecular weight is 446 g/mol. The number of hydrogen-bond donors (Lipinski definition) is 2. The second-order valence-electron chi connectivity index (χ2n) is 6.97. The Morgan fingerprint density at radius 1 is 1.19 bits per heavy atom. The molecule has 1 amide bonds. The Bertz CT molecular complexity index is 1440. The van der Waals surface area contributed by atoms with Crippen LogP contribution in [0.2, 0.25) is 0 Å². The molecule has 9 nitrogen and oxygen atoms in total. The summed E-state index contributed by atoms with van der Waals surface area (Å²) in [5, 5.41) is 16.1. The molecule has 0 aliphatic heterocycles. The van der Waals surface area contributed by atoms with Gasteiger partial charge in [0, 0.05) is 18.9 Å². The van der Waals surface area contributed by atoms with E-state index in [9.17, 15) is 4.79 Å². The number of aromatic nitrogens is 4. The van der Waals surface area contributed by atoms with E-state index in [4.69, 9.17) is 9.15 Å². The molecule has 160 valence electrons. The van der Waals surface area contributed by atoms with Crippen LogP contribution in [0.5, 0.6) is 5.88 Å². The number of furan rings is 1. The Hall–Kier alpha value is -4.05. The molecular formula is C22H18N6O3S. The molecule has 0 saturated carbocycles. The Morgan fingerprint density at radius 3 is 2.97 bits per heavy atom. The zero-order valence-electron chi connectivity index (χ0n) is 17.2. The highest BCUT2D eigenvalue weighted by Crippen LogP contribution is 2.32. The normalized spacial score (nSPS) is 11.1. The lowest BCUT2D eigenvalue weighted by atomic mass is 10.2. The molecule has 5 rings (SSSR count). The van der Waals surface area contributed by atoms with Crippen LogP contribution < -0.4 is 15.4 Å². The lowest BCUT2D eigenvalue weighted by Crippen LogP contribution is -2.19. The predicted molar refractivity (Wildman–Crippen MR) is 121 cm³/mol. The third-order valence-corrected chi connectivity index (χ3v) is 5.72. The van der Waals surface area contributed by atoms with Gasteiger partial charge in [-0.05, 0) is 48.9 Å². The van der Waals surface area contributed by atoms with Gasteiger partial charge >= 0.3 is 0 Å². The zero-order chi connectivity index (χ0) is 22.1. The summed E-state index contributed by atoms with van der Waals surface area (Å²) in [6, 6.07) is 11.2. The first-order chi connectivity index (χ1) is 15.6. The minimum absolute atomic E-state index is 0.184. The topological polar surface area (TPSA) is 115 Å². The first-order valence-electron chi connectivity index (χ1n) is 9.78. The number of hydrogen-bond acceptors (Lipinski definition) is 9. The summed E-state index contributed by atoms with van der Waals surface area (Å²) in [5.41, 5.74) is 3.35. The largest absolute Gasteiger partial charge is 0.469 e. The van der Waals surface area contributed by atoms with E-state index in [1.807, 2.05) is 25.1 Å². The third-order valence-electron chi connectivity index (χ3n) is 4.77. The van der Waals surface area contributed by atoms with Crippen molar-refractivity contribution in [3.05, 3.63) is 65.1 Å². The minimum Gasteiger partial charge on any atom is -0.469 e. The molecule has 10 heteroatoms. The van der Waals surface area contributed by atoms with Gasteiger partial charge in [-0.2, -0.15) is 0 Å². The van der Waals surface area contributed by atoms with Crippen LogP contribution in [-0.2, 0) is 6.61 Å². The number of nitrogens with one attached hydrogen (secondary N) is 2. The predicted octanol–water partition coefficient (Wildman–Crippen LogP) is 4.22. The quantitative estimate of drug-likeness (QED) is 0.398. The summed E-state index contributed by atoms with van der Waals surface area (Å²) in [6.45, 7) is 2.17. The Kier molecular flexibility index (Phi) is 5.12. The number of amides is 1. The van der Waals surface area contributed by atoms with Gasteiger partial charge in [0.25, 0.3) is 11.8 Å². The maximum atomic E-state index is 11.8. The Balaban J connectivity index is 1.38. The molecule has 4 aromatic heterocycles. The van der Waals surface area contributed by atoms with Gasteiger partial charge in [0.1, 0.15) is 12.3 Å². The second-order valence-corrected chi connectivity index (χ2v) is 8.21. The fourth-order valence-corrected chi connectivity index (χ4v) is 4.08. The van der Waals surface area contributed by atoms with Crippen LogP contribution in [0, 0.1) is 6.92 Å². The first kappa shape index (κ1) is 19.9. The number of aryl methyl sites for hydroxylation is 1. The van der Waals surface area contributed by atoms with Gasteiger partial charge in [-0.25, -0.2) is 4.98 Å². The van der Waals surface area contributed by atoms with Crippen molar-refractivity contribution < 1.29 is 13.9 Å². The van der Waals surface area contributed by atoms with E-state index in [0.29, 0.717) is 17.1 Å². The first-order valence-corrected chi connectivity index (χ1v) is 10.6. The maximum Gasteiger partial charge on any atom is 0.278 e. The molecule has 5 aromatic rings. The summed E-state index contributed by atoms with van der Waals surface area (Å²) in [6.07, 6.45) is 3.13. The number of carbonyl (C=O) groups is 1. The standard InChI is InChI=1S/C22H18N6O3S/c1-12-25-16-10-14(3-4-18(16)32-12)26-20-15-6-8-30-19(15)22(28-27-20)31-11-13-5-7-24-17(9-13)21(29)23-2/h3-10H,11H2,1-2H3,(H,23,29)(H,26,27). The van der Waals surface area contributed by atoms with E-state index >= 15 is 0 Å². The monoisotopic (exact) mass is 446 g/mol. The lowest BCUT2D eigenvalue weighted by Gasteiger charge is -2.09. The van der Waals surface area contributed by atoms with E-state index in [0.717, 1.165) is 31.9 Å². The van der Waals surface area contributed by atoms with Gasteiger partial charge in [-0.1, -0.05) is 0 Å². The molecule has 0 radical (unpaired) electrons. The number of fused-ring (bicyclic) bond motifs is 2. The maximum absolute atomic E-state index is 11.8. The van der Waals surface area contributed by atoms with Crippen molar-refractivity contribution in [3.63, 3.8) is 0 Å². The number of thiazole rings is 1. The van der Waals surface area contributed by atoms with E-state index < -0.39 is 0 Å². The zero-order valence-corrected chi connectivity index (χ0v) is 18.1. The van der Waals surface area contributed by atoms with Crippen LogP contribution in [0.4, 0.5) is 11.5 Å². The summed E-state index contributed by atoms with van der Waals surface area (Å²) < 4.78 is 12.6. The molecule has 0 aliphatic carbocycles. The highest BCUT2D eigenvalue weighted by molar-refractivity contribution is 7.18. The number of rotatable bonds is 6. The number of benzene rings is 1. The van der Waals surface area contributed by atoms with Gasteiger partial charge in [-0.15, -0.1) is 21.5 Å². The fraction of sp³-hybridized carbons (Fsp3) is 0.136. The molecule has 0 atom stereocenters. The van der Waals surface area contributed by atoms with E-state index in [-0.39, 0.29) is 18.4 Å². The minimum atomic E-state index is -0.263. The second kappa shape index (κ2) is 8.23. The lowest BCUT2D eigenvalue weighted by molar-refractivity contribution is 0.0958. The van der Waals surface area contributed by atoms with Crippen molar-refractivity contribution in [2.75, 3.05) is 12.4 Å². The molecule has 2 N–H and O–H groups in total. The van der Waals surface area contributed by atoms with Crippen molar-refractivity contribution in [1.29, 1.82) is 0 Å². The third kappa shape index (κ3) is 3.83. The van der Waals surface area contributed by atoms with Crippen LogP contribution in [0.1, 0.15) is 21.1 Å². The molecule has 0 spiro atoms. The van der Waals surface area contributed by atoms with E-state index in [1.165, 1.54) is 0 Å².